The van der Waals surface area contributed by atoms with E-state index in [1.807, 2.05) is 23.6 Å². The number of nitrogens with one attached hydrogen (secondary N) is 1. The number of fused-ring (bicyclic) bond motifs is 1. The molecule has 4 rings (SSSR count). The van der Waals surface area contributed by atoms with Gasteiger partial charge in [-0.2, -0.15) is 4.31 Å². The van der Waals surface area contributed by atoms with Gasteiger partial charge in [-0.15, -0.1) is 0 Å². The fourth-order valence-corrected chi connectivity index (χ4v) is 5.38. The Morgan fingerprint density at radius 2 is 1.97 bits per heavy atom. The van der Waals surface area contributed by atoms with Gasteiger partial charge in [0.2, 0.25) is 15.9 Å². The lowest BCUT2D eigenvalue weighted by molar-refractivity contribution is -0.116. The number of ether oxygens (including phenoxy) is 2. The molecule has 33 heavy (non-hydrogen) atoms. The van der Waals surface area contributed by atoms with Crippen LogP contribution in [0.5, 0.6) is 5.75 Å². The van der Waals surface area contributed by atoms with Gasteiger partial charge in [-0.05, 0) is 37.3 Å². The van der Waals surface area contributed by atoms with Crippen LogP contribution in [0.1, 0.15) is 19.2 Å². The van der Waals surface area contributed by atoms with Crippen molar-refractivity contribution in [2.24, 2.45) is 0 Å². The molecule has 1 N–H and O–H groups in total. The highest BCUT2D eigenvalue weighted by Crippen LogP contribution is 2.24. The van der Waals surface area contributed by atoms with Crippen LogP contribution in [-0.4, -0.2) is 61.6 Å². The number of amides is 1. The van der Waals surface area contributed by atoms with E-state index in [4.69, 9.17) is 9.47 Å². The lowest BCUT2D eigenvalue weighted by Gasteiger charge is -2.26. The van der Waals surface area contributed by atoms with Gasteiger partial charge < -0.3 is 19.4 Å². The summed E-state index contributed by atoms with van der Waals surface area (Å²) < 4.78 is 39.9. The Morgan fingerprint density at radius 1 is 1.18 bits per heavy atom. The Labute approximate surface area is 193 Å². The summed E-state index contributed by atoms with van der Waals surface area (Å²) in [7, 11) is -2.02. The summed E-state index contributed by atoms with van der Waals surface area (Å²) in [5.74, 6) is 1.28. The van der Waals surface area contributed by atoms with E-state index in [0.717, 1.165) is 11.3 Å². The minimum atomic E-state index is -3.60. The van der Waals surface area contributed by atoms with E-state index >= 15 is 0 Å². The molecule has 2 heterocycles. The van der Waals surface area contributed by atoms with Crippen LogP contribution in [0.25, 0.3) is 11.0 Å². The fourth-order valence-electron chi connectivity index (χ4n) is 3.95. The SMILES string of the molecule is CCn1c(CCC(=O)Nc2cccc(OC)c2)nc2cc(S(=O)(=O)N3CCOCC3)ccc21. The van der Waals surface area contributed by atoms with Crippen molar-refractivity contribution in [3.05, 3.63) is 48.3 Å². The number of hydrogen-bond acceptors (Lipinski definition) is 6. The molecular weight excluding hydrogens is 444 g/mol. The normalized spacial score (nSPS) is 15.0. The van der Waals surface area contributed by atoms with Crippen LogP contribution in [0.3, 0.4) is 0 Å². The van der Waals surface area contributed by atoms with E-state index in [1.54, 1.807) is 37.4 Å². The summed E-state index contributed by atoms with van der Waals surface area (Å²) in [6.45, 7) is 4.15. The van der Waals surface area contributed by atoms with Crippen LogP contribution in [0.4, 0.5) is 5.69 Å². The molecule has 10 heteroatoms. The summed E-state index contributed by atoms with van der Waals surface area (Å²) in [4.78, 5) is 17.4. The van der Waals surface area contributed by atoms with Crippen LogP contribution in [0.15, 0.2) is 47.4 Å². The minimum Gasteiger partial charge on any atom is -0.497 e. The average molecular weight is 473 g/mol. The Morgan fingerprint density at radius 3 is 2.70 bits per heavy atom. The summed E-state index contributed by atoms with van der Waals surface area (Å²) >= 11 is 0. The number of carbonyl (C=O) groups excluding carboxylic acids is 1. The molecule has 1 amide bonds. The van der Waals surface area contributed by atoms with Crippen molar-refractivity contribution in [3.8, 4) is 5.75 Å². The van der Waals surface area contributed by atoms with E-state index in [-0.39, 0.29) is 17.2 Å². The number of nitrogens with zero attached hydrogens (tertiary/aromatic N) is 3. The predicted molar refractivity (Wildman–Crippen MR) is 125 cm³/mol. The van der Waals surface area contributed by atoms with Crippen molar-refractivity contribution >= 4 is 32.7 Å². The molecule has 1 aromatic heterocycles. The predicted octanol–water partition coefficient (Wildman–Crippen LogP) is 2.66. The second kappa shape index (κ2) is 9.90. The third-order valence-electron chi connectivity index (χ3n) is 5.65. The number of rotatable bonds is 8. The number of carbonyl (C=O) groups is 1. The first-order valence-corrected chi connectivity index (χ1v) is 12.4. The number of methoxy groups -OCH3 is 1. The molecule has 0 atom stereocenters. The molecule has 0 bridgehead atoms. The van der Waals surface area contributed by atoms with Crippen LogP contribution in [-0.2, 0) is 32.5 Å². The molecule has 0 radical (unpaired) electrons. The number of morpholine rings is 1. The van der Waals surface area contributed by atoms with Crippen molar-refractivity contribution in [2.45, 2.75) is 31.2 Å². The van der Waals surface area contributed by atoms with Gasteiger partial charge in [0.15, 0.2) is 0 Å². The topological polar surface area (TPSA) is 103 Å². The van der Waals surface area contributed by atoms with Crippen molar-refractivity contribution in [2.75, 3.05) is 38.7 Å². The summed E-state index contributed by atoms with van der Waals surface area (Å²) in [6, 6.07) is 12.2. The standard InChI is InChI=1S/C23H28N4O5S/c1-3-27-21-8-7-19(33(29,30)26-11-13-32-14-12-26)16-20(21)25-22(27)9-10-23(28)24-17-5-4-6-18(15-17)31-2/h4-8,15-16H,3,9-14H2,1-2H3,(H,24,28). The number of imidazole rings is 1. The van der Waals surface area contributed by atoms with E-state index in [9.17, 15) is 13.2 Å². The summed E-state index contributed by atoms with van der Waals surface area (Å²) in [5, 5.41) is 2.87. The number of benzene rings is 2. The van der Waals surface area contributed by atoms with Gasteiger partial charge in [-0.25, -0.2) is 13.4 Å². The Bertz CT molecular complexity index is 1250. The smallest absolute Gasteiger partial charge is 0.243 e. The van der Waals surface area contributed by atoms with Gasteiger partial charge in [-0.3, -0.25) is 4.79 Å². The molecule has 0 saturated carbocycles. The zero-order valence-electron chi connectivity index (χ0n) is 18.8. The van der Waals surface area contributed by atoms with Crippen molar-refractivity contribution in [1.29, 1.82) is 0 Å². The highest BCUT2D eigenvalue weighted by molar-refractivity contribution is 7.89. The Hall–Kier alpha value is -2.95. The number of anilines is 1. The zero-order valence-corrected chi connectivity index (χ0v) is 19.6. The fraction of sp³-hybridized carbons (Fsp3) is 0.391. The van der Waals surface area contributed by atoms with Gasteiger partial charge in [-0.1, -0.05) is 6.07 Å². The van der Waals surface area contributed by atoms with Gasteiger partial charge in [0.1, 0.15) is 11.6 Å². The van der Waals surface area contributed by atoms with Gasteiger partial charge in [0, 0.05) is 44.2 Å². The lowest BCUT2D eigenvalue weighted by Crippen LogP contribution is -2.40. The zero-order chi connectivity index (χ0) is 23.4. The second-order valence-corrected chi connectivity index (χ2v) is 9.66. The maximum atomic E-state index is 13.0. The van der Waals surface area contributed by atoms with Crippen molar-refractivity contribution in [1.82, 2.24) is 13.9 Å². The third-order valence-corrected chi connectivity index (χ3v) is 7.55. The molecule has 1 aliphatic rings. The number of hydrogen-bond donors (Lipinski definition) is 1. The van der Waals surface area contributed by atoms with Crippen molar-refractivity contribution in [3.63, 3.8) is 0 Å². The highest BCUT2D eigenvalue weighted by Gasteiger charge is 2.27. The van der Waals surface area contributed by atoms with Crippen molar-refractivity contribution < 1.29 is 22.7 Å². The summed E-state index contributed by atoms with van der Waals surface area (Å²) in [5.41, 5.74) is 2.12. The van der Waals surface area contributed by atoms with Gasteiger partial charge in [0.05, 0.1) is 36.3 Å². The second-order valence-electron chi connectivity index (χ2n) is 7.72. The maximum Gasteiger partial charge on any atom is 0.243 e. The number of sulfonamides is 1. The van der Waals surface area contributed by atoms with E-state index in [0.29, 0.717) is 56.2 Å². The van der Waals surface area contributed by atoms with Crippen LogP contribution in [0.2, 0.25) is 0 Å². The monoisotopic (exact) mass is 472 g/mol. The molecule has 0 unspecified atom stereocenters. The number of aryl methyl sites for hydroxylation is 2. The van der Waals surface area contributed by atoms with E-state index < -0.39 is 10.0 Å². The number of aromatic nitrogens is 2. The average Bonchev–Trinajstić information content (AvgIpc) is 3.20. The highest BCUT2D eigenvalue weighted by atomic mass is 32.2. The molecule has 9 nitrogen and oxygen atoms in total. The van der Waals surface area contributed by atoms with Gasteiger partial charge >= 0.3 is 0 Å². The molecule has 1 aliphatic heterocycles. The minimum absolute atomic E-state index is 0.131. The van der Waals surface area contributed by atoms with E-state index in [2.05, 4.69) is 10.3 Å². The molecule has 3 aromatic rings. The molecule has 1 fully saturated rings. The Kier molecular flexibility index (Phi) is 6.96. The summed E-state index contributed by atoms with van der Waals surface area (Å²) in [6.07, 6.45) is 0.684. The first-order valence-electron chi connectivity index (χ1n) is 10.9. The van der Waals surface area contributed by atoms with E-state index in [1.165, 1.54) is 4.31 Å². The largest absolute Gasteiger partial charge is 0.497 e. The van der Waals surface area contributed by atoms with Crippen LogP contribution in [0, 0.1) is 0 Å². The third kappa shape index (κ3) is 5.02. The molecule has 176 valence electrons. The van der Waals surface area contributed by atoms with Crippen LogP contribution < -0.4 is 10.1 Å². The molecule has 0 spiro atoms. The lowest BCUT2D eigenvalue weighted by atomic mass is 10.2. The first-order chi connectivity index (χ1) is 15.9. The molecule has 1 saturated heterocycles. The van der Waals surface area contributed by atoms with Gasteiger partial charge in [0.25, 0.3) is 0 Å². The quantitative estimate of drug-likeness (QED) is 0.541. The molecular formula is C23H28N4O5S. The molecule has 2 aromatic carbocycles. The first kappa shape index (κ1) is 23.2. The van der Waals surface area contributed by atoms with Crippen LogP contribution >= 0.6 is 0 Å². The maximum absolute atomic E-state index is 13.0. The Balaban J connectivity index is 1.51. The molecule has 0 aliphatic carbocycles.